The minimum Gasteiger partial charge on any atom is -0.457 e. The zero-order chi connectivity index (χ0) is 30.5. The molecule has 1 fully saturated rings. The Morgan fingerprint density at radius 3 is 2.20 bits per heavy atom. The fourth-order valence-electron chi connectivity index (χ4n) is 6.18. The Kier molecular flexibility index (Phi) is 8.79. The van der Waals surface area contributed by atoms with Crippen molar-refractivity contribution in [1.82, 2.24) is 10.3 Å². The molecule has 1 aliphatic rings. The average Bonchev–Trinajstić information content (AvgIpc) is 3.55. The van der Waals surface area contributed by atoms with E-state index in [1.807, 2.05) is 30.3 Å². The molecular formula is C40H42N2O2. The number of hydrogen-bond acceptors (Lipinski definition) is 3. The van der Waals surface area contributed by atoms with Gasteiger partial charge in [-0.25, -0.2) is 4.98 Å². The Balaban J connectivity index is 1.17. The molecule has 4 heteroatoms. The van der Waals surface area contributed by atoms with Crippen molar-refractivity contribution in [2.75, 3.05) is 6.54 Å². The van der Waals surface area contributed by atoms with Crippen LogP contribution in [0.1, 0.15) is 73.8 Å². The molecular weight excluding hydrogens is 540 g/mol. The summed E-state index contributed by atoms with van der Waals surface area (Å²) in [7, 11) is 0. The molecule has 1 aromatic heterocycles. The Hall–Kier alpha value is -4.44. The summed E-state index contributed by atoms with van der Waals surface area (Å²) in [6, 6.07) is 35.3. The summed E-state index contributed by atoms with van der Waals surface area (Å²) in [5.41, 5.74) is 6.44. The molecule has 0 radical (unpaired) electrons. The molecule has 1 N–H and O–H groups in total. The SMILES string of the molecule is CC(C)(C)c1ccc(Oc2ccc3cc(C(=O)NCCc4ccc(-c5ccccc5)cc4)nc(CC4CCCC4)c3c2)cc1. The molecule has 1 aliphatic carbocycles. The van der Waals surface area contributed by atoms with Crippen LogP contribution in [0.25, 0.3) is 21.9 Å². The van der Waals surface area contributed by atoms with Crippen LogP contribution in [0, 0.1) is 5.92 Å². The monoisotopic (exact) mass is 582 g/mol. The molecule has 6 rings (SSSR count). The smallest absolute Gasteiger partial charge is 0.269 e. The maximum Gasteiger partial charge on any atom is 0.269 e. The largest absolute Gasteiger partial charge is 0.457 e. The van der Waals surface area contributed by atoms with Crippen molar-refractivity contribution >= 4 is 16.7 Å². The van der Waals surface area contributed by atoms with E-state index in [4.69, 9.17) is 9.72 Å². The summed E-state index contributed by atoms with van der Waals surface area (Å²) in [4.78, 5) is 18.3. The molecule has 0 saturated heterocycles. The summed E-state index contributed by atoms with van der Waals surface area (Å²) in [6.07, 6.45) is 6.63. The van der Waals surface area contributed by atoms with Gasteiger partial charge in [0.25, 0.3) is 5.91 Å². The Morgan fingerprint density at radius 1 is 0.818 bits per heavy atom. The van der Waals surface area contributed by atoms with E-state index < -0.39 is 0 Å². The van der Waals surface area contributed by atoms with Gasteiger partial charge in [-0.1, -0.05) is 119 Å². The van der Waals surface area contributed by atoms with Gasteiger partial charge < -0.3 is 10.1 Å². The summed E-state index contributed by atoms with van der Waals surface area (Å²) in [5, 5.41) is 5.20. The first-order valence-corrected chi connectivity index (χ1v) is 16.0. The van der Waals surface area contributed by atoms with Crippen molar-refractivity contribution in [3.8, 4) is 22.6 Å². The second-order valence-electron chi connectivity index (χ2n) is 13.1. The fraction of sp³-hybridized carbons (Fsp3) is 0.300. The van der Waals surface area contributed by atoms with Crippen molar-refractivity contribution < 1.29 is 9.53 Å². The molecule has 5 aromatic rings. The number of fused-ring (bicyclic) bond motifs is 1. The predicted octanol–water partition coefficient (Wildman–Crippen LogP) is 9.70. The van der Waals surface area contributed by atoms with Gasteiger partial charge in [0, 0.05) is 17.6 Å². The lowest BCUT2D eigenvalue weighted by molar-refractivity contribution is 0.0949. The Bertz CT molecular complexity index is 1710. The molecule has 4 aromatic carbocycles. The van der Waals surface area contributed by atoms with E-state index in [1.54, 1.807) is 0 Å². The molecule has 1 saturated carbocycles. The quantitative estimate of drug-likeness (QED) is 0.188. The minimum atomic E-state index is -0.125. The van der Waals surface area contributed by atoms with Gasteiger partial charge in [-0.3, -0.25) is 4.79 Å². The van der Waals surface area contributed by atoms with Crippen LogP contribution >= 0.6 is 0 Å². The van der Waals surface area contributed by atoms with Gasteiger partial charge in [-0.15, -0.1) is 0 Å². The van der Waals surface area contributed by atoms with Crippen LogP contribution in [0.3, 0.4) is 0 Å². The second-order valence-corrected chi connectivity index (χ2v) is 13.1. The highest BCUT2D eigenvalue weighted by Crippen LogP contribution is 2.33. The highest BCUT2D eigenvalue weighted by molar-refractivity contribution is 5.97. The molecule has 0 aliphatic heterocycles. The van der Waals surface area contributed by atoms with Crippen LogP contribution in [0.4, 0.5) is 0 Å². The maximum atomic E-state index is 13.3. The van der Waals surface area contributed by atoms with Gasteiger partial charge >= 0.3 is 0 Å². The molecule has 0 spiro atoms. The van der Waals surface area contributed by atoms with Gasteiger partial charge in [-0.2, -0.15) is 0 Å². The number of nitrogens with zero attached hydrogens (tertiary/aromatic N) is 1. The van der Waals surface area contributed by atoms with E-state index >= 15 is 0 Å². The first kappa shape index (κ1) is 29.6. The number of pyridine rings is 1. The van der Waals surface area contributed by atoms with Crippen molar-refractivity contribution in [1.29, 1.82) is 0 Å². The maximum absolute atomic E-state index is 13.3. The van der Waals surface area contributed by atoms with Gasteiger partial charge in [0.15, 0.2) is 0 Å². The number of benzene rings is 4. The highest BCUT2D eigenvalue weighted by atomic mass is 16.5. The van der Waals surface area contributed by atoms with E-state index in [9.17, 15) is 4.79 Å². The highest BCUT2D eigenvalue weighted by Gasteiger charge is 2.20. The Morgan fingerprint density at radius 2 is 1.50 bits per heavy atom. The third kappa shape index (κ3) is 7.19. The predicted molar refractivity (Wildman–Crippen MR) is 181 cm³/mol. The number of rotatable bonds is 9. The van der Waals surface area contributed by atoms with Crippen molar-refractivity contribution in [3.63, 3.8) is 0 Å². The first-order valence-electron chi connectivity index (χ1n) is 16.0. The third-order valence-corrected chi connectivity index (χ3v) is 8.79. The number of hydrogen-bond donors (Lipinski definition) is 1. The lowest BCUT2D eigenvalue weighted by Gasteiger charge is -2.19. The molecule has 1 amide bonds. The fourth-order valence-corrected chi connectivity index (χ4v) is 6.18. The number of ether oxygens (including phenoxy) is 1. The van der Waals surface area contributed by atoms with Crippen molar-refractivity contribution in [2.24, 2.45) is 5.92 Å². The van der Waals surface area contributed by atoms with Crippen molar-refractivity contribution in [2.45, 2.75) is 64.7 Å². The van der Waals surface area contributed by atoms with Crippen LogP contribution < -0.4 is 10.1 Å². The number of amides is 1. The van der Waals surface area contributed by atoms with E-state index in [2.05, 4.69) is 98.9 Å². The van der Waals surface area contributed by atoms with Crippen molar-refractivity contribution in [3.05, 3.63) is 126 Å². The summed E-state index contributed by atoms with van der Waals surface area (Å²) < 4.78 is 6.28. The zero-order valence-electron chi connectivity index (χ0n) is 26.1. The molecule has 44 heavy (non-hydrogen) atoms. The third-order valence-electron chi connectivity index (χ3n) is 8.79. The van der Waals surface area contributed by atoms with E-state index in [0.29, 0.717) is 18.2 Å². The Labute approximate surface area is 261 Å². The van der Waals surface area contributed by atoms with Crippen LogP contribution in [0.15, 0.2) is 103 Å². The molecule has 224 valence electrons. The topological polar surface area (TPSA) is 51.2 Å². The lowest BCUT2D eigenvalue weighted by Crippen LogP contribution is -2.27. The zero-order valence-corrected chi connectivity index (χ0v) is 26.1. The van der Waals surface area contributed by atoms with Gasteiger partial charge in [0.05, 0.1) is 0 Å². The molecule has 0 bridgehead atoms. The number of carbonyl (C=O) groups excluding carboxylic acids is 1. The van der Waals surface area contributed by atoms with Crippen LogP contribution in [0.5, 0.6) is 11.5 Å². The van der Waals surface area contributed by atoms with Crippen LogP contribution in [0.2, 0.25) is 0 Å². The average molecular weight is 583 g/mol. The normalized spacial score (nSPS) is 13.7. The molecule has 0 atom stereocenters. The van der Waals surface area contributed by atoms with Gasteiger partial charge in [-0.05, 0) is 82.1 Å². The van der Waals surface area contributed by atoms with E-state index in [-0.39, 0.29) is 11.3 Å². The summed E-state index contributed by atoms with van der Waals surface area (Å²) in [6.45, 7) is 7.20. The standard InChI is InChI=1S/C40H42N2O2/c1-40(2,3)33-18-21-34(22-19-33)44-35-20-17-32-26-38(42-37(36(32)27-35)25-29-9-7-8-10-29)39(43)41-24-23-28-13-15-31(16-14-28)30-11-5-4-6-12-30/h4-6,11-22,26-27,29H,7-10,23-25H2,1-3H3,(H,41,43). The van der Waals surface area contributed by atoms with Crippen LogP contribution in [-0.4, -0.2) is 17.4 Å². The molecule has 0 unspecified atom stereocenters. The summed E-state index contributed by atoms with van der Waals surface area (Å²) >= 11 is 0. The molecule has 1 heterocycles. The second kappa shape index (κ2) is 13.1. The number of aromatic nitrogens is 1. The molecule has 4 nitrogen and oxygen atoms in total. The van der Waals surface area contributed by atoms with Gasteiger partial charge in [0.2, 0.25) is 0 Å². The minimum absolute atomic E-state index is 0.0976. The number of nitrogens with one attached hydrogen (secondary N) is 1. The lowest BCUT2D eigenvalue weighted by atomic mass is 9.87. The number of carbonyl (C=O) groups is 1. The van der Waals surface area contributed by atoms with Gasteiger partial charge in [0.1, 0.15) is 17.2 Å². The first-order chi connectivity index (χ1) is 21.3. The van der Waals surface area contributed by atoms with E-state index in [0.717, 1.165) is 40.8 Å². The van der Waals surface area contributed by atoms with Crippen LogP contribution in [-0.2, 0) is 18.3 Å². The van der Waals surface area contributed by atoms with E-state index in [1.165, 1.54) is 47.9 Å². The summed E-state index contributed by atoms with van der Waals surface area (Å²) in [5.74, 6) is 2.08.